The standard InChI is InChI=1S/C23H24FNO/c1-3-4-22(26)25-15-13-20(14-16-25)23(18-7-5-17(2)6-8-18)19-9-11-21(24)12-10-19/h3-12H,13-16H2,1-2H3/b4-3+. The fourth-order valence-electron chi connectivity index (χ4n) is 3.41. The summed E-state index contributed by atoms with van der Waals surface area (Å²) in [5.41, 5.74) is 5.88. The molecule has 0 saturated carbocycles. The molecule has 2 aromatic carbocycles. The number of carbonyl (C=O) groups excluding carboxylic acids is 1. The van der Waals surface area contributed by atoms with Gasteiger partial charge in [-0.2, -0.15) is 0 Å². The molecule has 0 N–H and O–H groups in total. The van der Waals surface area contributed by atoms with Crippen molar-refractivity contribution in [3.05, 3.63) is 88.8 Å². The van der Waals surface area contributed by atoms with E-state index in [1.165, 1.54) is 28.8 Å². The fraction of sp³-hybridized carbons (Fsp3) is 0.261. The van der Waals surface area contributed by atoms with Gasteiger partial charge in [-0.15, -0.1) is 0 Å². The summed E-state index contributed by atoms with van der Waals surface area (Å²) in [6.45, 7) is 5.36. The third-order valence-electron chi connectivity index (χ3n) is 4.81. The molecule has 0 radical (unpaired) electrons. The Hall–Kier alpha value is -2.68. The summed E-state index contributed by atoms with van der Waals surface area (Å²) in [6.07, 6.45) is 5.08. The normalized spacial score (nSPS) is 14.7. The molecule has 1 saturated heterocycles. The van der Waals surface area contributed by atoms with Crippen molar-refractivity contribution in [3.63, 3.8) is 0 Å². The lowest BCUT2D eigenvalue weighted by Crippen LogP contribution is -2.35. The molecule has 3 heteroatoms. The number of halogens is 1. The van der Waals surface area contributed by atoms with Crippen molar-refractivity contribution < 1.29 is 9.18 Å². The van der Waals surface area contributed by atoms with Crippen LogP contribution in [-0.2, 0) is 4.79 Å². The number of aryl methyl sites for hydroxylation is 1. The van der Waals surface area contributed by atoms with Crippen LogP contribution in [0.3, 0.4) is 0 Å². The molecule has 0 bridgehead atoms. The molecule has 3 rings (SSSR count). The summed E-state index contributed by atoms with van der Waals surface area (Å²) < 4.78 is 13.4. The van der Waals surface area contributed by atoms with Crippen LogP contribution in [-0.4, -0.2) is 23.9 Å². The number of nitrogens with zero attached hydrogens (tertiary/aromatic N) is 1. The third kappa shape index (κ3) is 4.10. The molecule has 0 spiro atoms. The Morgan fingerprint density at radius 3 is 2.04 bits per heavy atom. The molecule has 2 nitrogen and oxygen atoms in total. The molecule has 1 amide bonds. The van der Waals surface area contributed by atoms with Gasteiger partial charge < -0.3 is 4.90 Å². The summed E-state index contributed by atoms with van der Waals surface area (Å²) in [7, 11) is 0. The maximum Gasteiger partial charge on any atom is 0.246 e. The van der Waals surface area contributed by atoms with Crippen molar-refractivity contribution in [2.75, 3.05) is 13.1 Å². The zero-order chi connectivity index (χ0) is 18.5. The average molecular weight is 349 g/mol. The summed E-state index contributed by atoms with van der Waals surface area (Å²) in [4.78, 5) is 14.0. The van der Waals surface area contributed by atoms with E-state index in [-0.39, 0.29) is 11.7 Å². The number of hydrogen-bond donors (Lipinski definition) is 0. The number of hydrogen-bond acceptors (Lipinski definition) is 1. The highest BCUT2D eigenvalue weighted by Gasteiger charge is 2.21. The van der Waals surface area contributed by atoms with Gasteiger partial charge in [0.05, 0.1) is 0 Å². The number of carbonyl (C=O) groups is 1. The lowest BCUT2D eigenvalue weighted by molar-refractivity contribution is -0.126. The van der Waals surface area contributed by atoms with E-state index in [2.05, 4.69) is 31.2 Å². The predicted molar refractivity (Wildman–Crippen MR) is 104 cm³/mol. The summed E-state index contributed by atoms with van der Waals surface area (Å²) in [5.74, 6) is -0.154. The Balaban J connectivity index is 1.96. The molecule has 0 unspecified atom stereocenters. The first-order chi connectivity index (χ1) is 12.6. The highest BCUT2D eigenvalue weighted by atomic mass is 19.1. The molecule has 0 aliphatic carbocycles. The van der Waals surface area contributed by atoms with Gasteiger partial charge in [-0.1, -0.05) is 53.6 Å². The molecule has 1 fully saturated rings. The monoisotopic (exact) mass is 349 g/mol. The molecule has 134 valence electrons. The van der Waals surface area contributed by atoms with Crippen molar-refractivity contribution in [3.8, 4) is 0 Å². The molecular weight excluding hydrogens is 325 g/mol. The number of likely N-dealkylation sites (tertiary alicyclic amines) is 1. The first kappa shape index (κ1) is 18.1. The van der Waals surface area contributed by atoms with E-state index >= 15 is 0 Å². The molecule has 1 aliphatic heterocycles. The first-order valence-corrected chi connectivity index (χ1v) is 9.05. The van der Waals surface area contributed by atoms with E-state index in [0.717, 1.165) is 37.1 Å². The van der Waals surface area contributed by atoms with Crippen molar-refractivity contribution >= 4 is 11.5 Å². The van der Waals surface area contributed by atoms with Gasteiger partial charge >= 0.3 is 0 Å². The zero-order valence-electron chi connectivity index (χ0n) is 15.3. The van der Waals surface area contributed by atoms with Crippen molar-refractivity contribution in [2.45, 2.75) is 26.7 Å². The number of rotatable bonds is 3. The van der Waals surface area contributed by atoms with E-state index < -0.39 is 0 Å². The summed E-state index contributed by atoms with van der Waals surface area (Å²) in [6, 6.07) is 15.2. The second-order valence-corrected chi connectivity index (χ2v) is 6.68. The van der Waals surface area contributed by atoms with Gasteiger partial charge in [-0.05, 0) is 61.6 Å². The molecule has 0 aromatic heterocycles. The van der Waals surface area contributed by atoms with Crippen molar-refractivity contribution in [1.82, 2.24) is 4.90 Å². The average Bonchev–Trinajstić information content (AvgIpc) is 2.66. The number of piperidine rings is 1. The largest absolute Gasteiger partial charge is 0.339 e. The maximum absolute atomic E-state index is 13.4. The minimum Gasteiger partial charge on any atom is -0.339 e. The Morgan fingerprint density at radius 1 is 0.962 bits per heavy atom. The van der Waals surface area contributed by atoms with Crippen LogP contribution in [0.1, 0.15) is 36.5 Å². The van der Waals surface area contributed by atoms with Gasteiger partial charge in [-0.25, -0.2) is 4.39 Å². The van der Waals surface area contributed by atoms with E-state index in [4.69, 9.17) is 0 Å². The molecule has 1 aliphatic rings. The van der Waals surface area contributed by atoms with E-state index in [1.807, 2.05) is 24.0 Å². The fourth-order valence-corrected chi connectivity index (χ4v) is 3.41. The van der Waals surface area contributed by atoms with E-state index in [9.17, 15) is 9.18 Å². The van der Waals surface area contributed by atoms with Crippen LogP contribution in [0.15, 0.2) is 66.3 Å². The van der Waals surface area contributed by atoms with Crippen LogP contribution >= 0.6 is 0 Å². The van der Waals surface area contributed by atoms with Crippen molar-refractivity contribution in [2.24, 2.45) is 0 Å². The second kappa shape index (κ2) is 8.13. The molecule has 1 heterocycles. The Kier molecular flexibility index (Phi) is 5.67. The number of amides is 1. The lowest BCUT2D eigenvalue weighted by Gasteiger charge is -2.29. The highest BCUT2D eigenvalue weighted by Crippen LogP contribution is 2.32. The Morgan fingerprint density at radius 2 is 1.50 bits per heavy atom. The van der Waals surface area contributed by atoms with Gasteiger partial charge in [-0.3, -0.25) is 4.79 Å². The van der Waals surface area contributed by atoms with Gasteiger partial charge in [0.2, 0.25) is 5.91 Å². The van der Waals surface area contributed by atoms with Crippen LogP contribution in [0.5, 0.6) is 0 Å². The lowest BCUT2D eigenvalue weighted by atomic mass is 9.88. The summed E-state index contributed by atoms with van der Waals surface area (Å²) in [5, 5.41) is 0. The molecule has 0 atom stereocenters. The molecule has 2 aromatic rings. The maximum atomic E-state index is 13.4. The Labute approximate surface area is 154 Å². The van der Waals surface area contributed by atoms with Crippen LogP contribution in [0.2, 0.25) is 0 Å². The Bertz CT molecular complexity index is 774. The smallest absolute Gasteiger partial charge is 0.246 e. The van der Waals surface area contributed by atoms with Crippen LogP contribution < -0.4 is 0 Å². The topological polar surface area (TPSA) is 20.3 Å². The van der Waals surface area contributed by atoms with E-state index in [1.54, 1.807) is 12.2 Å². The number of benzene rings is 2. The van der Waals surface area contributed by atoms with Gasteiger partial charge in [0.25, 0.3) is 0 Å². The summed E-state index contributed by atoms with van der Waals surface area (Å²) >= 11 is 0. The van der Waals surface area contributed by atoms with E-state index in [0.29, 0.717) is 0 Å². The highest BCUT2D eigenvalue weighted by molar-refractivity contribution is 5.88. The van der Waals surface area contributed by atoms with Gasteiger partial charge in [0.15, 0.2) is 0 Å². The van der Waals surface area contributed by atoms with Crippen LogP contribution in [0, 0.1) is 12.7 Å². The van der Waals surface area contributed by atoms with Crippen LogP contribution in [0.4, 0.5) is 4.39 Å². The van der Waals surface area contributed by atoms with Crippen LogP contribution in [0.25, 0.3) is 5.57 Å². The molecule has 26 heavy (non-hydrogen) atoms. The predicted octanol–water partition coefficient (Wildman–Crippen LogP) is 5.13. The second-order valence-electron chi connectivity index (χ2n) is 6.68. The third-order valence-corrected chi connectivity index (χ3v) is 4.81. The SMILES string of the molecule is C/C=C/C(=O)N1CCC(=C(c2ccc(C)cc2)c2ccc(F)cc2)CC1. The molecular formula is C23H24FNO. The van der Waals surface area contributed by atoms with Gasteiger partial charge in [0, 0.05) is 13.1 Å². The minimum absolute atomic E-state index is 0.0743. The van der Waals surface area contributed by atoms with Gasteiger partial charge in [0.1, 0.15) is 5.82 Å². The number of allylic oxidation sites excluding steroid dienone is 1. The first-order valence-electron chi connectivity index (χ1n) is 9.05. The van der Waals surface area contributed by atoms with Crippen molar-refractivity contribution in [1.29, 1.82) is 0 Å². The minimum atomic E-state index is -0.228. The zero-order valence-corrected chi connectivity index (χ0v) is 15.3. The quantitative estimate of drug-likeness (QED) is 0.703.